The second kappa shape index (κ2) is 44.1. The number of carbonyl (C=O) groups excluding carboxylic acids is 2. The molecule has 0 aromatic heterocycles. The molecule has 2 aliphatic heterocycles. The molecule has 0 saturated carbocycles. The first-order valence-electron chi connectivity index (χ1n) is 28.9. The molecule has 422 valence electrons. The van der Waals surface area contributed by atoms with Gasteiger partial charge in [-0.05, 0) is 64.2 Å². The largest absolute Gasteiger partial charge is 0.462 e. The minimum atomic E-state index is -1.76. The number of aliphatic hydroxyl groups excluding tert-OH is 7. The van der Waals surface area contributed by atoms with Gasteiger partial charge in [0.15, 0.2) is 18.7 Å². The van der Waals surface area contributed by atoms with Crippen LogP contribution < -0.4 is 0 Å². The van der Waals surface area contributed by atoms with E-state index in [4.69, 9.17) is 28.4 Å². The first kappa shape index (κ1) is 66.1. The Labute approximate surface area is 434 Å². The van der Waals surface area contributed by atoms with E-state index in [0.717, 1.165) is 51.4 Å². The first-order valence-corrected chi connectivity index (χ1v) is 28.9. The van der Waals surface area contributed by atoms with Crippen LogP contribution in [-0.4, -0.2) is 142 Å². The van der Waals surface area contributed by atoms with Gasteiger partial charge in [0.1, 0.15) is 55.4 Å². The molecule has 0 radical (unpaired) electrons. The predicted molar refractivity (Wildman–Crippen MR) is 280 cm³/mol. The normalized spacial score (nSPS) is 25.1. The number of carbonyl (C=O) groups is 2. The maximum absolute atomic E-state index is 13.0. The van der Waals surface area contributed by atoms with Crippen molar-refractivity contribution in [2.24, 2.45) is 0 Å². The quantitative estimate of drug-likeness (QED) is 0.0171. The zero-order chi connectivity index (χ0) is 52.4. The van der Waals surface area contributed by atoms with Gasteiger partial charge in [-0.15, -0.1) is 0 Å². The van der Waals surface area contributed by atoms with Gasteiger partial charge in [0, 0.05) is 12.8 Å². The minimum Gasteiger partial charge on any atom is -0.462 e. The number of hydrogen-bond donors (Lipinski definition) is 7. The van der Waals surface area contributed by atoms with Gasteiger partial charge in [-0.25, -0.2) is 0 Å². The molecule has 15 heteroatoms. The van der Waals surface area contributed by atoms with E-state index >= 15 is 0 Å². The fourth-order valence-corrected chi connectivity index (χ4v) is 9.15. The van der Waals surface area contributed by atoms with E-state index in [0.29, 0.717) is 12.8 Å². The Morgan fingerprint density at radius 1 is 0.431 bits per heavy atom. The molecule has 11 atom stereocenters. The van der Waals surface area contributed by atoms with Crippen LogP contribution in [0.5, 0.6) is 0 Å². The maximum atomic E-state index is 13.0. The van der Waals surface area contributed by atoms with E-state index in [2.05, 4.69) is 38.2 Å². The second-order valence-corrected chi connectivity index (χ2v) is 20.5. The van der Waals surface area contributed by atoms with Crippen molar-refractivity contribution in [3.63, 3.8) is 0 Å². The Hall–Kier alpha value is -2.02. The summed E-state index contributed by atoms with van der Waals surface area (Å²) in [6.45, 7) is 2.60. The summed E-state index contributed by atoms with van der Waals surface area (Å²) in [5.41, 5.74) is 0. The Morgan fingerprint density at radius 3 is 1.24 bits per heavy atom. The van der Waals surface area contributed by atoms with Crippen molar-refractivity contribution in [3.8, 4) is 0 Å². The van der Waals surface area contributed by atoms with Crippen LogP contribution >= 0.6 is 0 Å². The SMILES string of the molecule is CCCCCC/C=C/CCCCCCCCCC(=O)O[C@@H](COC(=O)CCCCCCCCCCCCC/C=C/CCCCCCCC)CO[C@@H]1O[C@H](CO[C@@H]2O[C@H](CO)[C@H](O)C(O)C2O)[C@H](O)C(O)C1O. The third kappa shape index (κ3) is 31.1. The number of rotatable bonds is 46. The Kier molecular flexibility index (Phi) is 40.5. The molecular weight excluding hydrogens is 925 g/mol. The standard InChI is InChI=1S/C57H104O15/c1-3-5-7-9-11-13-15-17-19-20-21-22-23-24-26-27-29-31-33-35-37-39-48(59)67-42-45(70-49(60)40-38-36-34-32-30-28-25-18-16-14-12-10-8-6-4-2)43-68-56-55(66)53(64)51(62)47(72-56)44-69-57-54(65)52(63)50(61)46(41-58)71-57/h14,16-17,19,45-47,50-58,61-66H,3-13,15,18,20-44H2,1-2H3/b16-14+,19-17+/t45-,46+,47+,50-,51-,52?,53?,54?,55?,56+,57+/m0/s1. The lowest BCUT2D eigenvalue weighted by Crippen LogP contribution is -2.61. The van der Waals surface area contributed by atoms with Gasteiger partial charge >= 0.3 is 11.9 Å². The van der Waals surface area contributed by atoms with E-state index in [1.807, 2.05) is 0 Å². The van der Waals surface area contributed by atoms with Crippen molar-refractivity contribution in [2.45, 2.75) is 300 Å². The van der Waals surface area contributed by atoms with Crippen LogP contribution in [-0.2, 0) is 38.0 Å². The molecule has 2 rings (SSSR count). The highest BCUT2D eigenvalue weighted by Crippen LogP contribution is 2.27. The Balaban J connectivity index is 1.74. The lowest BCUT2D eigenvalue weighted by molar-refractivity contribution is -0.332. The molecule has 4 unspecified atom stereocenters. The summed E-state index contributed by atoms with van der Waals surface area (Å²) in [6.07, 6.45) is 30.5. The molecule has 7 N–H and O–H groups in total. The summed E-state index contributed by atoms with van der Waals surface area (Å²) in [7, 11) is 0. The molecule has 72 heavy (non-hydrogen) atoms. The van der Waals surface area contributed by atoms with Crippen molar-refractivity contribution in [3.05, 3.63) is 24.3 Å². The molecular formula is C57H104O15. The van der Waals surface area contributed by atoms with Gasteiger partial charge in [0.25, 0.3) is 0 Å². The maximum Gasteiger partial charge on any atom is 0.306 e. The molecule has 2 fully saturated rings. The van der Waals surface area contributed by atoms with Gasteiger partial charge in [0.2, 0.25) is 0 Å². The molecule has 0 spiro atoms. The lowest BCUT2D eigenvalue weighted by Gasteiger charge is -2.42. The van der Waals surface area contributed by atoms with Gasteiger partial charge in [0.05, 0.1) is 19.8 Å². The Morgan fingerprint density at radius 2 is 0.792 bits per heavy atom. The van der Waals surface area contributed by atoms with Crippen molar-refractivity contribution >= 4 is 11.9 Å². The van der Waals surface area contributed by atoms with Crippen LogP contribution in [0.1, 0.15) is 232 Å². The molecule has 0 aliphatic carbocycles. The number of ether oxygens (including phenoxy) is 6. The predicted octanol–water partition coefficient (Wildman–Crippen LogP) is 9.50. The molecule has 0 aromatic carbocycles. The second-order valence-electron chi connectivity index (χ2n) is 20.5. The van der Waals surface area contributed by atoms with Crippen LogP contribution in [0.2, 0.25) is 0 Å². The fraction of sp³-hybridized carbons (Fsp3) is 0.895. The lowest BCUT2D eigenvalue weighted by atomic mass is 9.98. The highest BCUT2D eigenvalue weighted by molar-refractivity contribution is 5.70. The monoisotopic (exact) mass is 1030 g/mol. The van der Waals surface area contributed by atoms with Gasteiger partial charge in [-0.2, -0.15) is 0 Å². The third-order valence-corrected chi connectivity index (χ3v) is 13.9. The molecule has 15 nitrogen and oxygen atoms in total. The van der Waals surface area contributed by atoms with E-state index in [1.54, 1.807) is 0 Å². The summed E-state index contributed by atoms with van der Waals surface area (Å²) in [5, 5.41) is 72.2. The van der Waals surface area contributed by atoms with Gasteiger partial charge in [-0.1, -0.05) is 179 Å². The molecule has 0 aromatic rings. The Bertz CT molecular complexity index is 1350. The number of hydrogen-bond acceptors (Lipinski definition) is 15. The third-order valence-electron chi connectivity index (χ3n) is 13.9. The van der Waals surface area contributed by atoms with E-state index in [-0.39, 0.29) is 26.1 Å². The molecule has 0 bridgehead atoms. The summed E-state index contributed by atoms with van der Waals surface area (Å²) >= 11 is 0. The van der Waals surface area contributed by atoms with Crippen LogP contribution in [0.25, 0.3) is 0 Å². The zero-order valence-electron chi connectivity index (χ0n) is 44.9. The first-order chi connectivity index (χ1) is 35.0. The summed E-state index contributed by atoms with van der Waals surface area (Å²) < 4.78 is 33.7. The summed E-state index contributed by atoms with van der Waals surface area (Å²) in [5.74, 6) is -0.921. The molecule has 2 aliphatic rings. The van der Waals surface area contributed by atoms with Crippen molar-refractivity contribution in [2.75, 3.05) is 26.4 Å². The van der Waals surface area contributed by atoms with Crippen LogP contribution in [0, 0.1) is 0 Å². The number of esters is 2. The highest BCUT2D eigenvalue weighted by atomic mass is 16.7. The van der Waals surface area contributed by atoms with E-state index in [9.17, 15) is 45.3 Å². The van der Waals surface area contributed by atoms with Crippen molar-refractivity contribution < 1.29 is 73.8 Å². The average molecular weight is 1030 g/mol. The van der Waals surface area contributed by atoms with E-state index in [1.165, 1.54) is 141 Å². The number of unbranched alkanes of at least 4 members (excludes halogenated alkanes) is 28. The number of aliphatic hydroxyl groups is 7. The summed E-state index contributed by atoms with van der Waals surface area (Å²) in [6, 6.07) is 0. The molecule has 0 amide bonds. The number of allylic oxidation sites excluding steroid dienone is 4. The molecule has 2 saturated heterocycles. The van der Waals surface area contributed by atoms with Crippen LogP contribution in [0.3, 0.4) is 0 Å². The van der Waals surface area contributed by atoms with Gasteiger partial charge < -0.3 is 64.2 Å². The molecule has 2 heterocycles. The van der Waals surface area contributed by atoms with E-state index < -0.39 is 92.7 Å². The van der Waals surface area contributed by atoms with Crippen molar-refractivity contribution in [1.29, 1.82) is 0 Å². The zero-order valence-corrected chi connectivity index (χ0v) is 44.9. The highest BCUT2D eigenvalue weighted by Gasteiger charge is 2.47. The van der Waals surface area contributed by atoms with Crippen LogP contribution in [0.15, 0.2) is 24.3 Å². The van der Waals surface area contributed by atoms with Crippen LogP contribution in [0.4, 0.5) is 0 Å². The fourth-order valence-electron chi connectivity index (χ4n) is 9.15. The van der Waals surface area contributed by atoms with Gasteiger partial charge in [-0.3, -0.25) is 9.59 Å². The summed E-state index contributed by atoms with van der Waals surface area (Å²) in [4.78, 5) is 25.9. The topological polar surface area (TPSA) is 231 Å². The smallest absolute Gasteiger partial charge is 0.306 e. The van der Waals surface area contributed by atoms with Crippen molar-refractivity contribution in [1.82, 2.24) is 0 Å². The minimum absolute atomic E-state index is 0.162. The average Bonchev–Trinajstić information content (AvgIpc) is 3.37.